The van der Waals surface area contributed by atoms with E-state index in [-0.39, 0.29) is 0 Å². The second-order valence-electron chi connectivity index (χ2n) is 6.30. The molecular weight excluding hydrogens is 288 g/mol. The van der Waals surface area contributed by atoms with Crippen LogP contribution in [0.25, 0.3) is 10.9 Å². The van der Waals surface area contributed by atoms with Crippen molar-refractivity contribution in [3.05, 3.63) is 41.4 Å². The molecule has 4 rings (SSSR count). The summed E-state index contributed by atoms with van der Waals surface area (Å²) in [7, 11) is 0. The van der Waals surface area contributed by atoms with E-state index in [1.807, 2.05) is 6.92 Å². The van der Waals surface area contributed by atoms with Gasteiger partial charge >= 0.3 is 6.01 Å². The average molecular weight is 310 g/mol. The monoisotopic (exact) mass is 310 g/mol. The van der Waals surface area contributed by atoms with E-state index in [9.17, 15) is 0 Å². The highest BCUT2D eigenvalue weighted by molar-refractivity contribution is 5.86. The molecule has 3 heterocycles. The summed E-state index contributed by atoms with van der Waals surface area (Å²) in [6.45, 7) is 5.97. The van der Waals surface area contributed by atoms with Crippen LogP contribution >= 0.6 is 0 Å². The van der Waals surface area contributed by atoms with Crippen molar-refractivity contribution in [2.75, 3.05) is 18.0 Å². The quantitative estimate of drug-likeness (QED) is 0.799. The number of aromatic nitrogens is 3. The highest BCUT2D eigenvalue weighted by Crippen LogP contribution is 2.35. The molecule has 5 nitrogen and oxygen atoms in total. The molecule has 120 valence electrons. The van der Waals surface area contributed by atoms with Gasteiger partial charge in [-0.15, -0.1) is 5.10 Å². The number of aryl methyl sites for hydroxylation is 2. The van der Waals surface area contributed by atoms with Gasteiger partial charge in [0.15, 0.2) is 0 Å². The fraction of sp³-hybridized carbons (Fsp3) is 0.444. The second kappa shape index (κ2) is 5.72. The lowest BCUT2D eigenvalue weighted by molar-refractivity contribution is 0.450. The van der Waals surface area contributed by atoms with Crippen LogP contribution in [0.4, 0.5) is 6.01 Å². The molecule has 0 radical (unpaired) electrons. The lowest BCUT2D eigenvalue weighted by atomic mass is 9.89. The van der Waals surface area contributed by atoms with Crippen molar-refractivity contribution in [1.29, 1.82) is 0 Å². The zero-order valence-electron chi connectivity index (χ0n) is 13.7. The Bertz CT molecular complexity index is 811. The first-order valence-corrected chi connectivity index (χ1v) is 8.40. The summed E-state index contributed by atoms with van der Waals surface area (Å²) in [5.41, 5.74) is 4.16. The molecule has 1 aromatic carbocycles. The maximum atomic E-state index is 5.55. The summed E-state index contributed by atoms with van der Waals surface area (Å²) in [5, 5.41) is 9.45. The second-order valence-corrected chi connectivity index (χ2v) is 6.30. The van der Waals surface area contributed by atoms with Gasteiger partial charge in [-0.05, 0) is 36.3 Å². The molecule has 0 saturated carbocycles. The van der Waals surface area contributed by atoms with Gasteiger partial charge in [0, 0.05) is 37.1 Å². The van der Waals surface area contributed by atoms with Crippen molar-refractivity contribution in [1.82, 2.24) is 15.2 Å². The maximum Gasteiger partial charge on any atom is 0.318 e. The van der Waals surface area contributed by atoms with Crippen molar-refractivity contribution >= 4 is 16.9 Å². The largest absolute Gasteiger partial charge is 0.408 e. The van der Waals surface area contributed by atoms with E-state index >= 15 is 0 Å². The van der Waals surface area contributed by atoms with Crippen LogP contribution in [-0.4, -0.2) is 28.3 Å². The predicted octanol–water partition coefficient (Wildman–Crippen LogP) is 3.81. The number of para-hydroxylation sites is 1. The topological polar surface area (TPSA) is 58.0 Å². The van der Waals surface area contributed by atoms with Crippen LogP contribution in [0.15, 0.2) is 28.8 Å². The molecule has 1 aliphatic rings. The zero-order valence-corrected chi connectivity index (χ0v) is 13.7. The molecule has 5 heteroatoms. The Morgan fingerprint density at radius 3 is 2.78 bits per heavy atom. The Balaban J connectivity index is 1.54. The van der Waals surface area contributed by atoms with Crippen molar-refractivity contribution in [3.8, 4) is 0 Å². The lowest BCUT2D eigenvalue weighted by Gasteiger charge is -2.30. The van der Waals surface area contributed by atoms with Crippen LogP contribution in [-0.2, 0) is 6.42 Å². The number of nitrogens with zero attached hydrogens (tertiary/aromatic N) is 3. The first-order chi connectivity index (χ1) is 11.3. The molecule has 0 unspecified atom stereocenters. The minimum Gasteiger partial charge on any atom is -0.408 e. The Hall–Kier alpha value is -2.30. The number of fused-ring (bicyclic) bond motifs is 1. The molecule has 1 aliphatic heterocycles. The zero-order chi connectivity index (χ0) is 15.8. The van der Waals surface area contributed by atoms with Crippen LogP contribution in [0.3, 0.4) is 0 Å². The summed E-state index contributed by atoms with van der Waals surface area (Å²) < 4.78 is 5.55. The lowest BCUT2D eigenvalue weighted by Crippen LogP contribution is -2.33. The Kier molecular flexibility index (Phi) is 3.56. The van der Waals surface area contributed by atoms with Gasteiger partial charge in [0.1, 0.15) is 0 Å². The van der Waals surface area contributed by atoms with Gasteiger partial charge in [0.25, 0.3) is 0 Å². The Labute approximate surface area is 135 Å². The van der Waals surface area contributed by atoms with E-state index in [4.69, 9.17) is 4.42 Å². The summed E-state index contributed by atoms with van der Waals surface area (Å²) in [6, 6.07) is 7.29. The molecule has 0 aliphatic carbocycles. The smallest absolute Gasteiger partial charge is 0.318 e. The number of H-pyrrole nitrogens is 1. The third-order valence-corrected chi connectivity index (χ3v) is 4.94. The standard InChI is InChI=1S/C18H22N4O/c1-3-13-5-4-6-15-16(11-19-17(13)15)14-7-9-22(10-8-14)18-21-20-12(2)23-18/h4-6,11,14,19H,3,7-10H2,1-2H3. The van der Waals surface area contributed by atoms with Crippen LogP contribution in [0.1, 0.15) is 42.7 Å². The van der Waals surface area contributed by atoms with Crippen molar-refractivity contribution in [2.45, 2.75) is 39.0 Å². The minimum absolute atomic E-state index is 0.594. The SMILES string of the molecule is CCc1cccc2c(C3CCN(c4nnc(C)o4)CC3)c[nH]c12. The molecule has 23 heavy (non-hydrogen) atoms. The summed E-state index contributed by atoms with van der Waals surface area (Å²) in [4.78, 5) is 5.69. The normalized spacial score (nSPS) is 16.3. The number of nitrogens with one attached hydrogen (secondary N) is 1. The molecule has 0 atom stereocenters. The fourth-order valence-electron chi connectivity index (χ4n) is 3.67. The molecule has 3 aromatic rings. The molecule has 1 saturated heterocycles. The van der Waals surface area contributed by atoms with Crippen molar-refractivity contribution in [2.24, 2.45) is 0 Å². The highest BCUT2D eigenvalue weighted by Gasteiger charge is 2.25. The Morgan fingerprint density at radius 1 is 1.26 bits per heavy atom. The number of aromatic amines is 1. The summed E-state index contributed by atoms with van der Waals surface area (Å²) >= 11 is 0. The predicted molar refractivity (Wildman–Crippen MR) is 90.9 cm³/mol. The van der Waals surface area contributed by atoms with Gasteiger partial charge < -0.3 is 14.3 Å². The van der Waals surface area contributed by atoms with Gasteiger partial charge in [-0.3, -0.25) is 0 Å². The number of anilines is 1. The highest BCUT2D eigenvalue weighted by atomic mass is 16.4. The number of rotatable bonds is 3. The average Bonchev–Trinajstić information content (AvgIpc) is 3.21. The van der Waals surface area contributed by atoms with E-state index in [2.05, 4.69) is 51.4 Å². The van der Waals surface area contributed by atoms with Crippen LogP contribution in [0, 0.1) is 6.92 Å². The van der Waals surface area contributed by atoms with Gasteiger partial charge in [0.05, 0.1) is 0 Å². The molecule has 0 bridgehead atoms. The van der Waals surface area contributed by atoms with E-state index in [0.29, 0.717) is 17.8 Å². The van der Waals surface area contributed by atoms with Gasteiger partial charge in [0.2, 0.25) is 5.89 Å². The van der Waals surface area contributed by atoms with E-state index in [1.54, 1.807) is 0 Å². The van der Waals surface area contributed by atoms with Gasteiger partial charge in [-0.1, -0.05) is 30.2 Å². The number of benzene rings is 1. The first kappa shape index (κ1) is 14.3. The first-order valence-electron chi connectivity index (χ1n) is 8.40. The van der Waals surface area contributed by atoms with Gasteiger partial charge in [-0.2, -0.15) is 0 Å². The van der Waals surface area contributed by atoms with Crippen molar-refractivity contribution < 1.29 is 4.42 Å². The number of hydrogen-bond acceptors (Lipinski definition) is 4. The van der Waals surface area contributed by atoms with E-state index in [1.165, 1.54) is 22.0 Å². The molecule has 1 N–H and O–H groups in total. The third-order valence-electron chi connectivity index (χ3n) is 4.94. The molecule has 1 fully saturated rings. The Morgan fingerprint density at radius 2 is 2.09 bits per heavy atom. The van der Waals surface area contributed by atoms with Crippen LogP contribution in [0.5, 0.6) is 0 Å². The van der Waals surface area contributed by atoms with Crippen LogP contribution in [0.2, 0.25) is 0 Å². The fourth-order valence-corrected chi connectivity index (χ4v) is 3.67. The van der Waals surface area contributed by atoms with Gasteiger partial charge in [-0.25, -0.2) is 0 Å². The summed E-state index contributed by atoms with van der Waals surface area (Å²) in [6.07, 6.45) is 5.50. The van der Waals surface area contributed by atoms with Crippen LogP contribution < -0.4 is 4.90 Å². The molecular formula is C18H22N4O. The minimum atomic E-state index is 0.594. The van der Waals surface area contributed by atoms with E-state index < -0.39 is 0 Å². The molecule has 0 spiro atoms. The maximum absolute atomic E-state index is 5.55. The molecule has 2 aromatic heterocycles. The third kappa shape index (κ3) is 2.50. The molecule has 0 amide bonds. The van der Waals surface area contributed by atoms with Crippen molar-refractivity contribution in [3.63, 3.8) is 0 Å². The summed E-state index contributed by atoms with van der Waals surface area (Å²) in [5.74, 6) is 1.22. The number of hydrogen-bond donors (Lipinski definition) is 1. The van der Waals surface area contributed by atoms with E-state index in [0.717, 1.165) is 32.4 Å². The number of piperidine rings is 1.